The SMILES string of the molecule is C[C@H](Nc1nccc2c1N(Cc1ccc(C(F)(F)F)o1)CCO2)c1ccc(C(=O)O)cc1. The average Bonchev–Trinajstić information content (AvgIpc) is 3.23. The van der Waals surface area contributed by atoms with Crippen LogP contribution in [0.1, 0.15) is 40.4 Å². The molecule has 0 unspecified atom stereocenters. The minimum atomic E-state index is -4.54. The number of nitrogens with one attached hydrogen (secondary N) is 1. The molecule has 0 spiro atoms. The molecule has 0 saturated carbocycles. The van der Waals surface area contributed by atoms with E-state index in [-0.39, 0.29) is 23.9 Å². The van der Waals surface area contributed by atoms with Crippen molar-refractivity contribution in [2.24, 2.45) is 0 Å². The molecule has 0 fully saturated rings. The second-order valence-electron chi connectivity index (χ2n) is 7.33. The fourth-order valence-corrected chi connectivity index (χ4v) is 3.51. The maximum Gasteiger partial charge on any atom is 0.449 e. The third kappa shape index (κ3) is 4.48. The van der Waals surface area contributed by atoms with E-state index in [4.69, 9.17) is 14.3 Å². The van der Waals surface area contributed by atoms with Gasteiger partial charge in [-0.3, -0.25) is 0 Å². The number of rotatable bonds is 6. The third-order valence-electron chi connectivity index (χ3n) is 5.12. The van der Waals surface area contributed by atoms with Crippen molar-refractivity contribution in [3.63, 3.8) is 0 Å². The Hall–Kier alpha value is -3.69. The summed E-state index contributed by atoms with van der Waals surface area (Å²) in [4.78, 5) is 17.3. The lowest BCUT2D eigenvalue weighted by Gasteiger charge is -2.32. The minimum absolute atomic E-state index is 0.120. The quantitative estimate of drug-likeness (QED) is 0.552. The second kappa shape index (κ2) is 8.45. The predicted molar refractivity (Wildman–Crippen MR) is 110 cm³/mol. The van der Waals surface area contributed by atoms with Crippen LogP contribution in [-0.2, 0) is 12.7 Å². The fourth-order valence-electron chi connectivity index (χ4n) is 3.51. The Kier molecular flexibility index (Phi) is 5.68. The summed E-state index contributed by atoms with van der Waals surface area (Å²) in [5.41, 5.74) is 1.66. The lowest BCUT2D eigenvalue weighted by molar-refractivity contribution is -0.153. The molecule has 1 aromatic carbocycles. The zero-order chi connectivity index (χ0) is 22.9. The van der Waals surface area contributed by atoms with Gasteiger partial charge in [0.05, 0.1) is 24.7 Å². The number of benzene rings is 1. The van der Waals surface area contributed by atoms with Crippen molar-refractivity contribution in [3.05, 3.63) is 71.3 Å². The van der Waals surface area contributed by atoms with Gasteiger partial charge in [0.25, 0.3) is 0 Å². The van der Waals surface area contributed by atoms with Crippen LogP contribution in [0.2, 0.25) is 0 Å². The van der Waals surface area contributed by atoms with Gasteiger partial charge in [0.1, 0.15) is 23.8 Å². The van der Waals surface area contributed by atoms with Crippen LogP contribution in [0.3, 0.4) is 0 Å². The molecular weight excluding hydrogens is 427 g/mol. The molecular formula is C22H20F3N3O4. The first-order chi connectivity index (χ1) is 15.2. The maximum absolute atomic E-state index is 12.9. The van der Waals surface area contributed by atoms with Crippen LogP contribution in [0.15, 0.2) is 53.1 Å². The first-order valence-corrected chi connectivity index (χ1v) is 9.85. The van der Waals surface area contributed by atoms with Crippen molar-refractivity contribution in [1.29, 1.82) is 0 Å². The van der Waals surface area contributed by atoms with E-state index in [1.54, 1.807) is 24.4 Å². The standard InChI is InChI=1S/C22H20F3N3O4/c1-13(14-2-4-15(5-3-14)21(29)30)27-20-19-17(8-9-26-20)31-11-10-28(19)12-16-6-7-18(32-16)22(23,24)25/h2-9,13H,10-12H2,1H3,(H,26,27)(H,29,30)/t13-/m0/s1. The highest BCUT2D eigenvalue weighted by atomic mass is 19.4. The third-order valence-corrected chi connectivity index (χ3v) is 5.12. The average molecular weight is 447 g/mol. The summed E-state index contributed by atoms with van der Waals surface area (Å²) in [6.07, 6.45) is -2.96. The van der Waals surface area contributed by atoms with Crippen molar-refractivity contribution in [2.75, 3.05) is 23.4 Å². The summed E-state index contributed by atoms with van der Waals surface area (Å²) in [6, 6.07) is 10.2. The molecule has 10 heteroatoms. The summed E-state index contributed by atoms with van der Waals surface area (Å²) in [5.74, 6) is -0.805. The Bertz CT molecular complexity index is 1110. The highest BCUT2D eigenvalue weighted by Crippen LogP contribution is 2.39. The monoisotopic (exact) mass is 447 g/mol. The molecule has 1 aliphatic rings. The Morgan fingerprint density at radius 2 is 1.97 bits per heavy atom. The van der Waals surface area contributed by atoms with Gasteiger partial charge in [-0.05, 0) is 36.8 Å². The number of ether oxygens (including phenoxy) is 1. The summed E-state index contributed by atoms with van der Waals surface area (Å²) in [7, 11) is 0. The number of fused-ring (bicyclic) bond motifs is 1. The predicted octanol–water partition coefficient (Wildman–Crippen LogP) is 4.96. The van der Waals surface area contributed by atoms with E-state index in [1.165, 1.54) is 18.2 Å². The molecule has 7 nitrogen and oxygen atoms in total. The second-order valence-corrected chi connectivity index (χ2v) is 7.33. The molecule has 1 atom stereocenters. The number of carboxylic acids is 1. The van der Waals surface area contributed by atoms with Gasteiger partial charge in [-0.25, -0.2) is 9.78 Å². The molecule has 2 aromatic heterocycles. The Morgan fingerprint density at radius 3 is 2.62 bits per heavy atom. The summed E-state index contributed by atoms with van der Waals surface area (Å²) >= 11 is 0. The molecule has 4 rings (SSSR count). The number of hydrogen-bond donors (Lipinski definition) is 2. The Morgan fingerprint density at radius 1 is 1.22 bits per heavy atom. The molecule has 0 aliphatic carbocycles. The molecule has 2 N–H and O–H groups in total. The van der Waals surface area contributed by atoms with E-state index in [0.29, 0.717) is 30.4 Å². The number of halogens is 3. The Labute approximate surface area is 181 Å². The number of hydrogen-bond acceptors (Lipinski definition) is 6. The van der Waals surface area contributed by atoms with Crippen molar-refractivity contribution < 1.29 is 32.2 Å². The van der Waals surface area contributed by atoms with Gasteiger partial charge in [-0.15, -0.1) is 0 Å². The number of nitrogens with zero attached hydrogens (tertiary/aromatic N) is 2. The normalized spacial score (nSPS) is 14.4. The molecule has 0 bridgehead atoms. The molecule has 1 aliphatic heterocycles. The number of furan rings is 1. The van der Waals surface area contributed by atoms with Gasteiger partial charge >= 0.3 is 12.1 Å². The lowest BCUT2D eigenvalue weighted by Crippen LogP contribution is -2.33. The number of aromatic nitrogens is 1. The van der Waals surface area contributed by atoms with Crippen LogP contribution < -0.4 is 15.0 Å². The topological polar surface area (TPSA) is 87.8 Å². The maximum atomic E-state index is 12.9. The van der Waals surface area contributed by atoms with Gasteiger partial charge in [-0.2, -0.15) is 13.2 Å². The fraction of sp³-hybridized carbons (Fsp3) is 0.273. The summed E-state index contributed by atoms with van der Waals surface area (Å²) in [6.45, 7) is 2.83. The van der Waals surface area contributed by atoms with Crippen LogP contribution >= 0.6 is 0 Å². The van der Waals surface area contributed by atoms with Crippen molar-refractivity contribution >= 4 is 17.5 Å². The van der Waals surface area contributed by atoms with E-state index in [1.807, 2.05) is 11.8 Å². The first-order valence-electron chi connectivity index (χ1n) is 9.85. The highest BCUT2D eigenvalue weighted by molar-refractivity contribution is 5.87. The van der Waals surface area contributed by atoms with Gasteiger partial charge < -0.3 is 24.5 Å². The zero-order valence-corrected chi connectivity index (χ0v) is 17.0. The van der Waals surface area contributed by atoms with E-state index >= 15 is 0 Å². The van der Waals surface area contributed by atoms with Gasteiger partial charge in [-0.1, -0.05) is 12.1 Å². The number of carbonyl (C=O) groups is 1. The van der Waals surface area contributed by atoms with Crippen molar-refractivity contribution in [3.8, 4) is 5.75 Å². The minimum Gasteiger partial charge on any atom is -0.489 e. The first kappa shape index (κ1) is 21.5. The van der Waals surface area contributed by atoms with Gasteiger partial charge in [0, 0.05) is 12.3 Å². The smallest absolute Gasteiger partial charge is 0.449 e. The number of pyridine rings is 1. The largest absolute Gasteiger partial charge is 0.489 e. The van der Waals surface area contributed by atoms with Crippen LogP contribution in [0, 0.1) is 0 Å². The van der Waals surface area contributed by atoms with E-state index in [9.17, 15) is 18.0 Å². The number of alkyl halides is 3. The van der Waals surface area contributed by atoms with Gasteiger partial charge in [0.15, 0.2) is 5.82 Å². The number of anilines is 2. The van der Waals surface area contributed by atoms with Crippen LogP contribution in [-0.4, -0.2) is 29.2 Å². The molecule has 0 saturated heterocycles. The van der Waals surface area contributed by atoms with Gasteiger partial charge in [0.2, 0.25) is 5.76 Å². The van der Waals surface area contributed by atoms with Crippen LogP contribution in [0.25, 0.3) is 0 Å². The highest BCUT2D eigenvalue weighted by Gasteiger charge is 2.35. The van der Waals surface area contributed by atoms with E-state index in [0.717, 1.165) is 11.6 Å². The summed E-state index contributed by atoms with van der Waals surface area (Å²) < 4.78 is 49.3. The molecule has 3 aromatic rings. The van der Waals surface area contributed by atoms with Crippen LogP contribution in [0.5, 0.6) is 5.75 Å². The molecule has 168 valence electrons. The zero-order valence-electron chi connectivity index (χ0n) is 17.0. The number of carboxylic acid groups (broad SMARTS) is 1. The van der Waals surface area contributed by atoms with Crippen molar-refractivity contribution in [1.82, 2.24) is 4.98 Å². The number of aromatic carboxylic acids is 1. The van der Waals surface area contributed by atoms with Crippen molar-refractivity contribution in [2.45, 2.75) is 25.7 Å². The molecule has 32 heavy (non-hydrogen) atoms. The van der Waals surface area contributed by atoms with Crippen LogP contribution in [0.4, 0.5) is 24.7 Å². The van der Waals surface area contributed by atoms with E-state index < -0.39 is 17.9 Å². The molecule has 0 radical (unpaired) electrons. The summed E-state index contributed by atoms with van der Waals surface area (Å²) in [5, 5.41) is 12.4. The van der Waals surface area contributed by atoms with E-state index in [2.05, 4.69) is 10.3 Å². The Balaban J connectivity index is 1.57. The molecule has 0 amide bonds. The molecule has 3 heterocycles. The lowest BCUT2D eigenvalue weighted by atomic mass is 10.1.